The van der Waals surface area contributed by atoms with Crippen LogP contribution < -0.4 is 5.32 Å². The molecule has 0 aliphatic heterocycles. The number of halogens is 2. The first-order chi connectivity index (χ1) is 9.99. The number of anilines is 1. The van der Waals surface area contributed by atoms with Crippen molar-refractivity contribution in [3.05, 3.63) is 40.8 Å². The van der Waals surface area contributed by atoms with Crippen LogP contribution in [0.2, 0.25) is 5.02 Å². The number of hydrogen-bond acceptors (Lipinski definition) is 5. The normalized spacial score (nSPS) is 9.71. The average molecular weight is 316 g/mol. The minimum atomic E-state index is -0.821. The van der Waals surface area contributed by atoms with E-state index in [1.54, 1.807) is 13.8 Å². The number of carbonyl (C=O) groups excluding carboxylic acids is 2. The molecule has 0 fully saturated rings. The standard InChI is InChI=1S/C14H15ClFNO4/c1-3-20-13(18)10(14(19)21-4-2)8-17-9-5-6-11(15)12(16)7-9/h5-8,17H,3-4H2,1-2H3. The van der Waals surface area contributed by atoms with E-state index in [4.69, 9.17) is 21.1 Å². The van der Waals surface area contributed by atoms with E-state index in [1.165, 1.54) is 12.1 Å². The average Bonchev–Trinajstić information content (AvgIpc) is 2.43. The lowest BCUT2D eigenvalue weighted by molar-refractivity contribution is -0.146. The van der Waals surface area contributed by atoms with Gasteiger partial charge in [0, 0.05) is 11.9 Å². The fourth-order valence-electron chi connectivity index (χ4n) is 1.36. The summed E-state index contributed by atoms with van der Waals surface area (Å²) in [6.45, 7) is 3.46. The van der Waals surface area contributed by atoms with Crippen molar-refractivity contribution in [3.8, 4) is 0 Å². The van der Waals surface area contributed by atoms with Crippen LogP contribution in [-0.2, 0) is 19.1 Å². The summed E-state index contributed by atoms with van der Waals surface area (Å²) >= 11 is 5.56. The highest BCUT2D eigenvalue weighted by Crippen LogP contribution is 2.19. The Morgan fingerprint density at radius 2 is 1.81 bits per heavy atom. The Hall–Kier alpha value is -2.08. The third-order valence-corrected chi connectivity index (χ3v) is 2.60. The van der Waals surface area contributed by atoms with Crippen molar-refractivity contribution in [3.63, 3.8) is 0 Å². The van der Waals surface area contributed by atoms with Gasteiger partial charge in [-0.05, 0) is 32.0 Å². The lowest BCUT2D eigenvalue weighted by Crippen LogP contribution is -2.19. The summed E-state index contributed by atoms with van der Waals surface area (Å²) in [5, 5.41) is 2.60. The van der Waals surface area contributed by atoms with Gasteiger partial charge < -0.3 is 14.8 Å². The van der Waals surface area contributed by atoms with Gasteiger partial charge >= 0.3 is 11.9 Å². The second kappa shape index (κ2) is 8.26. The molecule has 0 saturated heterocycles. The summed E-state index contributed by atoms with van der Waals surface area (Å²) in [4.78, 5) is 23.4. The van der Waals surface area contributed by atoms with Crippen molar-refractivity contribution in [2.45, 2.75) is 13.8 Å². The van der Waals surface area contributed by atoms with E-state index in [0.717, 1.165) is 12.3 Å². The number of rotatable bonds is 6. The Balaban J connectivity index is 2.93. The molecule has 1 rings (SSSR count). The molecule has 0 amide bonds. The Morgan fingerprint density at radius 1 is 1.24 bits per heavy atom. The number of nitrogens with one attached hydrogen (secondary N) is 1. The van der Waals surface area contributed by atoms with Crippen molar-refractivity contribution in [1.29, 1.82) is 0 Å². The van der Waals surface area contributed by atoms with E-state index in [9.17, 15) is 14.0 Å². The molecule has 1 N–H and O–H groups in total. The molecule has 114 valence electrons. The van der Waals surface area contributed by atoms with Crippen LogP contribution >= 0.6 is 11.6 Å². The van der Waals surface area contributed by atoms with E-state index in [-0.39, 0.29) is 23.8 Å². The van der Waals surface area contributed by atoms with Gasteiger partial charge in [0.15, 0.2) is 5.57 Å². The van der Waals surface area contributed by atoms with Gasteiger partial charge in [0.05, 0.1) is 18.2 Å². The highest BCUT2D eigenvalue weighted by molar-refractivity contribution is 6.30. The van der Waals surface area contributed by atoms with Crippen LogP contribution in [0.4, 0.5) is 10.1 Å². The smallest absolute Gasteiger partial charge is 0.347 e. The molecule has 21 heavy (non-hydrogen) atoms. The van der Waals surface area contributed by atoms with E-state index in [2.05, 4.69) is 5.32 Å². The van der Waals surface area contributed by atoms with Gasteiger partial charge in [0.1, 0.15) is 5.82 Å². The van der Waals surface area contributed by atoms with Crippen LogP contribution in [-0.4, -0.2) is 25.2 Å². The first kappa shape index (κ1) is 17.0. The largest absolute Gasteiger partial charge is 0.462 e. The van der Waals surface area contributed by atoms with Crippen molar-refractivity contribution in [2.24, 2.45) is 0 Å². The zero-order valence-electron chi connectivity index (χ0n) is 11.6. The molecule has 7 heteroatoms. The van der Waals surface area contributed by atoms with Crippen molar-refractivity contribution >= 4 is 29.2 Å². The van der Waals surface area contributed by atoms with Crippen LogP contribution in [0.1, 0.15) is 13.8 Å². The van der Waals surface area contributed by atoms with E-state index >= 15 is 0 Å². The van der Waals surface area contributed by atoms with Gasteiger partial charge in [-0.1, -0.05) is 11.6 Å². The molecular weight excluding hydrogens is 301 g/mol. The van der Waals surface area contributed by atoms with Gasteiger partial charge in [-0.15, -0.1) is 0 Å². The molecular formula is C14H15ClFNO4. The molecule has 5 nitrogen and oxygen atoms in total. The molecule has 0 saturated carbocycles. The van der Waals surface area contributed by atoms with Gasteiger partial charge in [0.2, 0.25) is 0 Å². The minimum Gasteiger partial charge on any atom is -0.462 e. The summed E-state index contributed by atoms with van der Waals surface area (Å²) in [5.74, 6) is -2.26. The Kier molecular flexibility index (Phi) is 6.68. The quantitative estimate of drug-likeness (QED) is 0.378. The lowest BCUT2D eigenvalue weighted by atomic mass is 10.2. The molecule has 1 aromatic carbocycles. The van der Waals surface area contributed by atoms with Gasteiger partial charge in [-0.25, -0.2) is 14.0 Å². The predicted octanol–water partition coefficient (Wildman–Crippen LogP) is 2.90. The van der Waals surface area contributed by atoms with Crippen molar-refractivity contribution in [2.75, 3.05) is 18.5 Å². The van der Waals surface area contributed by atoms with Crippen LogP contribution in [0.15, 0.2) is 30.0 Å². The number of hydrogen-bond donors (Lipinski definition) is 1. The Morgan fingerprint density at radius 3 is 2.29 bits per heavy atom. The lowest BCUT2D eigenvalue weighted by Gasteiger charge is -2.08. The first-order valence-electron chi connectivity index (χ1n) is 6.25. The highest BCUT2D eigenvalue weighted by Gasteiger charge is 2.20. The zero-order chi connectivity index (χ0) is 15.8. The van der Waals surface area contributed by atoms with Crippen LogP contribution in [0.5, 0.6) is 0 Å². The van der Waals surface area contributed by atoms with Gasteiger partial charge in [-0.3, -0.25) is 0 Å². The molecule has 0 aliphatic carbocycles. The van der Waals surface area contributed by atoms with E-state index in [1.807, 2.05) is 0 Å². The van der Waals surface area contributed by atoms with Crippen molar-refractivity contribution < 1.29 is 23.5 Å². The third kappa shape index (κ3) is 5.07. The number of esters is 2. The fourth-order valence-corrected chi connectivity index (χ4v) is 1.48. The minimum absolute atomic E-state index is 0.0273. The second-order valence-electron chi connectivity index (χ2n) is 3.77. The fraction of sp³-hybridized carbons (Fsp3) is 0.286. The summed E-state index contributed by atoms with van der Waals surface area (Å²) in [5.41, 5.74) is 0.0112. The van der Waals surface area contributed by atoms with Gasteiger partial charge in [-0.2, -0.15) is 0 Å². The summed E-state index contributed by atoms with van der Waals surface area (Å²) < 4.78 is 22.8. The van der Waals surface area contributed by atoms with Crippen LogP contribution in [0.3, 0.4) is 0 Å². The molecule has 0 aromatic heterocycles. The van der Waals surface area contributed by atoms with E-state index in [0.29, 0.717) is 5.69 Å². The molecule has 0 aliphatic rings. The summed E-state index contributed by atoms with van der Waals surface area (Å²) in [6, 6.07) is 3.98. The zero-order valence-corrected chi connectivity index (χ0v) is 12.4. The maximum atomic E-state index is 13.3. The predicted molar refractivity (Wildman–Crippen MR) is 76.4 cm³/mol. The maximum absolute atomic E-state index is 13.3. The molecule has 0 unspecified atom stereocenters. The molecule has 0 radical (unpaired) electrons. The SMILES string of the molecule is CCOC(=O)C(=CNc1ccc(Cl)c(F)c1)C(=O)OCC. The summed E-state index contributed by atoms with van der Waals surface area (Å²) in [6.07, 6.45) is 1.11. The highest BCUT2D eigenvalue weighted by atomic mass is 35.5. The van der Waals surface area contributed by atoms with Crippen LogP contribution in [0, 0.1) is 5.82 Å². The monoisotopic (exact) mass is 315 g/mol. The number of carbonyl (C=O) groups is 2. The number of ether oxygens (including phenoxy) is 2. The maximum Gasteiger partial charge on any atom is 0.347 e. The molecule has 0 bridgehead atoms. The number of benzene rings is 1. The van der Waals surface area contributed by atoms with Gasteiger partial charge in [0.25, 0.3) is 0 Å². The molecule has 1 aromatic rings. The molecule has 0 spiro atoms. The van der Waals surface area contributed by atoms with Crippen molar-refractivity contribution in [1.82, 2.24) is 0 Å². The topological polar surface area (TPSA) is 64.6 Å². The first-order valence-corrected chi connectivity index (χ1v) is 6.63. The summed E-state index contributed by atoms with van der Waals surface area (Å²) in [7, 11) is 0. The van der Waals surface area contributed by atoms with Crippen LogP contribution in [0.25, 0.3) is 0 Å². The Labute approximate surface area is 126 Å². The molecule has 0 heterocycles. The third-order valence-electron chi connectivity index (χ3n) is 2.29. The second-order valence-corrected chi connectivity index (χ2v) is 4.18. The van der Waals surface area contributed by atoms with E-state index < -0.39 is 17.8 Å². The molecule has 0 atom stereocenters. The Bertz CT molecular complexity index is 540.